The zero-order valence-electron chi connectivity index (χ0n) is 9.90. The molecule has 0 spiro atoms. The lowest BCUT2D eigenvalue weighted by Gasteiger charge is -2.18. The Morgan fingerprint density at radius 1 is 1.16 bits per heavy atom. The highest BCUT2D eigenvalue weighted by molar-refractivity contribution is 8.22. The third-order valence-electron chi connectivity index (χ3n) is 2.38. The highest BCUT2D eigenvalue weighted by Gasteiger charge is 2.20. The standard InChI is InChI=1S/C12H10Cl3O2PS/c1-2-16-18(15,19)17-12-9-6-4-3-5-8(9)10(13)7-11(12)14/h3-7H,2H2,1H3. The van der Waals surface area contributed by atoms with Gasteiger partial charge in [-0.05, 0) is 36.0 Å². The molecule has 1 unspecified atom stereocenters. The minimum absolute atomic E-state index is 0.360. The van der Waals surface area contributed by atoms with Gasteiger partial charge in [0, 0.05) is 10.8 Å². The summed E-state index contributed by atoms with van der Waals surface area (Å²) in [5, 5.41) is 2.49. The van der Waals surface area contributed by atoms with Crippen LogP contribution in [0.4, 0.5) is 0 Å². The normalized spacial score (nSPS) is 14.3. The van der Waals surface area contributed by atoms with Crippen LogP contribution in [0.5, 0.6) is 5.75 Å². The summed E-state index contributed by atoms with van der Waals surface area (Å²) in [5.41, 5.74) is 0. The zero-order chi connectivity index (χ0) is 14.0. The van der Waals surface area contributed by atoms with Gasteiger partial charge in [-0.2, -0.15) is 0 Å². The van der Waals surface area contributed by atoms with Crippen LogP contribution < -0.4 is 4.52 Å². The number of hydrogen-bond donors (Lipinski definition) is 0. The van der Waals surface area contributed by atoms with Crippen molar-refractivity contribution >= 4 is 62.9 Å². The molecule has 1 atom stereocenters. The molecule has 0 saturated carbocycles. The largest absolute Gasteiger partial charge is 0.431 e. The number of halogens is 3. The van der Waals surface area contributed by atoms with Gasteiger partial charge in [-0.15, -0.1) is 0 Å². The van der Waals surface area contributed by atoms with E-state index in [1.54, 1.807) is 13.0 Å². The van der Waals surface area contributed by atoms with Crippen molar-refractivity contribution in [2.45, 2.75) is 6.92 Å². The molecule has 0 bridgehead atoms. The van der Waals surface area contributed by atoms with Gasteiger partial charge in [-0.3, -0.25) is 0 Å². The van der Waals surface area contributed by atoms with Gasteiger partial charge in [0.05, 0.1) is 16.7 Å². The van der Waals surface area contributed by atoms with Crippen molar-refractivity contribution in [3.8, 4) is 5.75 Å². The lowest BCUT2D eigenvalue weighted by molar-refractivity contribution is 0.344. The van der Waals surface area contributed by atoms with Crippen molar-refractivity contribution in [1.29, 1.82) is 0 Å². The Kier molecular flexibility index (Phi) is 4.99. The van der Waals surface area contributed by atoms with E-state index in [-0.39, 0.29) is 0 Å². The molecule has 2 nitrogen and oxygen atoms in total. The summed E-state index contributed by atoms with van der Waals surface area (Å²) in [5.74, 6) is -2.47. The first-order chi connectivity index (χ1) is 8.94. The van der Waals surface area contributed by atoms with Crippen LogP contribution in [0.15, 0.2) is 30.3 Å². The van der Waals surface area contributed by atoms with E-state index in [1.807, 2.05) is 24.3 Å². The van der Waals surface area contributed by atoms with Crippen molar-refractivity contribution in [3.05, 3.63) is 40.4 Å². The van der Waals surface area contributed by atoms with Crippen molar-refractivity contribution in [3.63, 3.8) is 0 Å². The molecular formula is C12H10Cl3O2PS. The summed E-state index contributed by atoms with van der Waals surface area (Å²) >= 11 is 23.5. The third kappa shape index (κ3) is 3.55. The van der Waals surface area contributed by atoms with Gasteiger partial charge in [0.2, 0.25) is 0 Å². The summed E-state index contributed by atoms with van der Waals surface area (Å²) < 4.78 is 10.9. The maximum atomic E-state index is 6.16. The van der Waals surface area contributed by atoms with Crippen molar-refractivity contribution in [1.82, 2.24) is 0 Å². The Bertz CT molecular complexity index is 663. The predicted molar refractivity (Wildman–Crippen MR) is 86.4 cm³/mol. The Labute approximate surface area is 131 Å². The Morgan fingerprint density at radius 2 is 1.79 bits per heavy atom. The maximum absolute atomic E-state index is 6.16. The molecular weight excluding hydrogens is 346 g/mol. The van der Waals surface area contributed by atoms with Gasteiger partial charge in [-0.1, -0.05) is 47.5 Å². The Hall–Kier alpha value is -0.0200. The lowest BCUT2D eigenvalue weighted by Crippen LogP contribution is -1.94. The fourth-order valence-corrected chi connectivity index (χ4v) is 4.10. The highest BCUT2D eigenvalue weighted by Crippen LogP contribution is 2.56. The second kappa shape index (κ2) is 6.17. The van der Waals surface area contributed by atoms with Gasteiger partial charge in [-0.25, -0.2) is 0 Å². The van der Waals surface area contributed by atoms with Gasteiger partial charge in [0.15, 0.2) is 5.75 Å². The van der Waals surface area contributed by atoms with Gasteiger partial charge >= 0.3 is 5.84 Å². The first-order valence-corrected chi connectivity index (χ1v) is 9.75. The maximum Gasteiger partial charge on any atom is 0.332 e. The molecule has 7 heteroatoms. The molecule has 0 fully saturated rings. The minimum Gasteiger partial charge on any atom is -0.431 e. The van der Waals surface area contributed by atoms with Crippen molar-refractivity contribution < 1.29 is 9.05 Å². The van der Waals surface area contributed by atoms with E-state index < -0.39 is 5.84 Å². The zero-order valence-corrected chi connectivity index (χ0v) is 13.9. The van der Waals surface area contributed by atoms with Crippen molar-refractivity contribution in [2.24, 2.45) is 0 Å². The summed E-state index contributed by atoms with van der Waals surface area (Å²) in [6, 6.07) is 9.07. The quantitative estimate of drug-likeness (QED) is 0.624. The monoisotopic (exact) mass is 354 g/mol. The summed E-state index contributed by atoms with van der Waals surface area (Å²) in [6.07, 6.45) is 0. The first kappa shape index (κ1) is 15.4. The highest BCUT2D eigenvalue weighted by atomic mass is 35.7. The van der Waals surface area contributed by atoms with E-state index >= 15 is 0 Å². The van der Waals surface area contributed by atoms with Crippen LogP contribution >= 0.6 is 40.3 Å². The summed E-state index contributed by atoms with van der Waals surface area (Å²) in [7, 11) is 0. The van der Waals surface area contributed by atoms with Gasteiger partial charge in [0.25, 0.3) is 0 Å². The molecule has 0 N–H and O–H groups in total. The molecule has 0 radical (unpaired) electrons. The molecule has 0 heterocycles. The molecule has 0 aromatic heterocycles. The van der Waals surface area contributed by atoms with Crippen LogP contribution in [0.3, 0.4) is 0 Å². The fraction of sp³-hybridized carbons (Fsp3) is 0.167. The lowest BCUT2D eigenvalue weighted by atomic mass is 10.1. The number of fused-ring (bicyclic) bond motifs is 1. The summed E-state index contributed by atoms with van der Waals surface area (Å²) in [4.78, 5) is 0. The molecule has 2 aromatic carbocycles. The molecule has 0 aliphatic carbocycles. The molecule has 2 rings (SSSR count). The average Bonchev–Trinajstić information content (AvgIpc) is 2.34. The number of benzene rings is 2. The van der Waals surface area contributed by atoms with Crippen LogP contribution in [-0.2, 0) is 16.3 Å². The molecule has 19 heavy (non-hydrogen) atoms. The van der Waals surface area contributed by atoms with Gasteiger partial charge < -0.3 is 9.05 Å². The second-order valence-corrected chi connectivity index (χ2v) is 9.15. The third-order valence-corrected chi connectivity index (χ3v) is 4.98. The molecule has 0 aliphatic heterocycles. The van der Waals surface area contributed by atoms with Gasteiger partial charge in [0.1, 0.15) is 0 Å². The Balaban J connectivity index is 2.57. The summed E-state index contributed by atoms with van der Waals surface area (Å²) in [6.45, 7) is 2.18. The van der Waals surface area contributed by atoms with E-state index in [4.69, 9.17) is 55.3 Å². The average molecular weight is 356 g/mol. The van der Waals surface area contributed by atoms with Crippen LogP contribution in [0.25, 0.3) is 10.8 Å². The van der Waals surface area contributed by atoms with Crippen LogP contribution in [0.2, 0.25) is 10.0 Å². The smallest absolute Gasteiger partial charge is 0.332 e. The number of rotatable bonds is 4. The Morgan fingerprint density at radius 3 is 2.42 bits per heavy atom. The fourth-order valence-electron chi connectivity index (χ4n) is 1.65. The van der Waals surface area contributed by atoms with E-state index in [1.165, 1.54) is 0 Å². The molecule has 0 saturated heterocycles. The van der Waals surface area contributed by atoms with Crippen LogP contribution in [-0.4, -0.2) is 6.61 Å². The molecule has 2 aromatic rings. The van der Waals surface area contributed by atoms with E-state index in [9.17, 15) is 0 Å². The topological polar surface area (TPSA) is 18.5 Å². The SMILES string of the molecule is CCOP(=S)(Cl)Oc1c(Cl)cc(Cl)c2ccccc12. The number of hydrogen-bond acceptors (Lipinski definition) is 3. The predicted octanol–water partition coefficient (Wildman–Crippen LogP) is 6.03. The molecule has 102 valence electrons. The van der Waals surface area contributed by atoms with Crippen molar-refractivity contribution in [2.75, 3.05) is 6.61 Å². The first-order valence-electron chi connectivity index (χ1n) is 5.45. The van der Waals surface area contributed by atoms with Crippen LogP contribution in [0.1, 0.15) is 6.92 Å². The molecule has 0 amide bonds. The molecule has 0 aliphatic rings. The van der Waals surface area contributed by atoms with Crippen LogP contribution in [0, 0.1) is 0 Å². The van der Waals surface area contributed by atoms with E-state index in [0.29, 0.717) is 22.4 Å². The second-order valence-electron chi connectivity index (χ2n) is 3.65. The minimum atomic E-state index is -2.88. The van der Waals surface area contributed by atoms with E-state index in [2.05, 4.69) is 0 Å². The van der Waals surface area contributed by atoms with E-state index in [0.717, 1.165) is 10.8 Å².